The van der Waals surface area contributed by atoms with Crippen molar-refractivity contribution in [2.24, 2.45) is 5.73 Å². The lowest BCUT2D eigenvalue weighted by atomic mass is 9.96. The van der Waals surface area contributed by atoms with Crippen molar-refractivity contribution in [1.82, 2.24) is 0 Å². The average Bonchev–Trinajstić information content (AvgIpc) is 2.48. The number of ether oxygens (including phenoxy) is 1. The second-order valence-electron chi connectivity index (χ2n) is 3.80. The van der Waals surface area contributed by atoms with Gasteiger partial charge < -0.3 is 25.8 Å². The minimum atomic E-state index is -1.86. The third-order valence-corrected chi connectivity index (χ3v) is 2.42. The first kappa shape index (κ1) is 18.1. The van der Waals surface area contributed by atoms with Gasteiger partial charge in [0.05, 0.1) is 6.61 Å². The fourth-order valence-electron chi connectivity index (χ4n) is 1.28. The molecule has 0 aliphatic carbocycles. The number of allylic oxidation sites excluding steroid dienone is 1. The molecule has 0 saturated carbocycles. The normalized spacial score (nSPS) is 16.4. The van der Waals surface area contributed by atoms with Gasteiger partial charge in [-0.1, -0.05) is 13.2 Å². The zero-order valence-corrected chi connectivity index (χ0v) is 10.6. The van der Waals surface area contributed by atoms with E-state index in [0.29, 0.717) is 6.08 Å². The maximum Gasteiger partial charge on any atom is 0.330 e. The Bertz CT molecular complexity index is 407. The first-order valence-corrected chi connectivity index (χ1v) is 5.56. The Balaban J connectivity index is 5.24. The Morgan fingerprint density at radius 2 is 1.75 bits per heavy atom. The van der Waals surface area contributed by atoms with Crippen LogP contribution in [0.25, 0.3) is 0 Å². The fraction of sp³-hybridized carbons (Fsp3) is 0.417. The smallest absolute Gasteiger partial charge is 0.330 e. The Labute approximate surface area is 115 Å². The lowest BCUT2D eigenvalue weighted by Gasteiger charge is -2.28. The highest BCUT2D eigenvalue weighted by Crippen LogP contribution is 2.10. The molecular formula is C12H17NO7. The highest BCUT2D eigenvalue weighted by molar-refractivity contribution is 6.43. The number of hydrogen-bond donors (Lipinski definition) is 4. The van der Waals surface area contributed by atoms with Crippen molar-refractivity contribution in [3.63, 3.8) is 0 Å². The average molecular weight is 287 g/mol. The Kier molecular flexibility index (Phi) is 7.55. The molecule has 8 nitrogen and oxygen atoms in total. The predicted octanol–water partition coefficient (Wildman–Crippen LogP) is -2.55. The van der Waals surface area contributed by atoms with Crippen LogP contribution in [0.4, 0.5) is 0 Å². The topological polar surface area (TPSA) is 147 Å². The molecule has 0 aliphatic rings. The zero-order valence-electron chi connectivity index (χ0n) is 10.6. The van der Waals surface area contributed by atoms with Crippen LogP contribution in [0.15, 0.2) is 25.3 Å². The molecule has 0 aromatic heterocycles. The first-order chi connectivity index (χ1) is 9.29. The number of carbonyl (C=O) groups is 3. The number of hydrogen-bond acceptors (Lipinski definition) is 8. The molecule has 0 rings (SSSR count). The predicted molar refractivity (Wildman–Crippen MR) is 67.4 cm³/mol. The molecule has 0 spiro atoms. The summed E-state index contributed by atoms with van der Waals surface area (Å²) in [7, 11) is 0. The van der Waals surface area contributed by atoms with Crippen LogP contribution in [-0.4, -0.2) is 63.8 Å². The Morgan fingerprint density at radius 3 is 2.15 bits per heavy atom. The maximum atomic E-state index is 11.6. The molecule has 4 atom stereocenters. The van der Waals surface area contributed by atoms with Crippen LogP contribution in [0.1, 0.15) is 0 Å². The lowest BCUT2D eigenvalue weighted by molar-refractivity contribution is -0.160. The van der Waals surface area contributed by atoms with E-state index in [2.05, 4.69) is 17.9 Å². The van der Waals surface area contributed by atoms with Gasteiger partial charge in [0.15, 0.2) is 6.10 Å². The quantitative estimate of drug-likeness (QED) is 0.206. The molecule has 0 bridgehead atoms. The lowest BCUT2D eigenvalue weighted by Crippen LogP contribution is -2.55. The summed E-state index contributed by atoms with van der Waals surface area (Å²) in [6.07, 6.45) is -3.84. The molecule has 0 radical (unpaired) electrons. The van der Waals surface area contributed by atoms with Gasteiger partial charge in [0.25, 0.3) is 0 Å². The van der Waals surface area contributed by atoms with Crippen LogP contribution >= 0.6 is 0 Å². The van der Waals surface area contributed by atoms with Crippen LogP contribution < -0.4 is 5.73 Å². The van der Waals surface area contributed by atoms with Gasteiger partial charge in [0.2, 0.25) is 11.6 Å². The first-order valence-electron chi connectivity index (χ1n) is 5.56. The second kappa shape index (κ2) is 8.33. The summed E-state index contributed by atoms with van der Waals surface area (Å²) in [5.74, 6) is -3.22. The molecule has 20 heavy (non-hydrogen) atoms. The SMILES string of the molecule is C=CC(=O)O[C@@H]([C@H](O)[C@H](O)CO)[C@@H](N)C(=O)C(=O)C=C. The van der Waals surface area contributed by atoms with Crippen LogP contribution in [0.3, 0.4) is 0 Å². The summed E-state index contributed by atoms with van der Waals surface area (Å²) < 4.78 is 4.65. The summed E-state index contributed by atoms with van der Waals surface area (Å²) in [5.41, 5.74) is 5.45. The molecule has 0 aliphatic heterocycles. The van der Waals surface area contributed by atoms with Crippen molar-refractivity contribution in [2.75, 3.05) is 6.61 Å². The molecule has 112 valence electrons. The number of carbonyl (C=O) groups excluding carboxylic acids is 3. The van der Waals surface area contributed by atoms with Crippen molar-refractivity contribution < 1.29 is 34.4 Å². The number of ketones is 2. The third-order valence-electron chi connectivity index (χ3n) is 2.42. The fourth-order valence-corrected chi connectivity index (χ4v) is 1.28. The number of aliphatic hydroxyl groups is 3. The molecule has 0 aromatic carbocycles. The van der Waals surface area contributed by atoms with Gasteiger partial charge in [-0.05, 0) is 6.08 Å². The van der Waals surface area contributed by atoms with Crippen molar-refractivity contribution in [3.05, 3.63) is 25.3 Å². The van der Waals surface area contributed by atoms with E-state index in [1.54, 1.807) is 0 Å². The van der Waals surface area contributed by atoms with Crippen molar-refractivity contribution >= 4 is 17.5 Å². The minimum Gasteiger partial charge on any atom is -0.454 e. The van der Waals surface area contributed by atoms with E-state index >= 15 is 0 Å². The van der Waals surface area contributed by atoms with Gasteiger partial charge in [0.1, 0.15) is 18.2 Å². The highest BCUT2D eigenvalue weighted by atomic mass is 16.6. The molecule has 0 amide bonds. The van der Waals surface area contributed by atoms with Crippen molar-refractivity contribution in [1.29, 1.82) is 0 Å². The molecular weight excluding hydrogens is 270 g/mol. The summed E-state index contributed by atoms with van der Waals surface area (Å²) in [5, 5.41) is 27.8. The van der Waals surface area contributed by atoms with Crippen molar-refractivity contribution in [2.45, 2.75) is 24.4 Å². The van der Waals surface area contributed by atoms with Crippen LogP contribution in [0.2, 0.25) is 0 Å². The Hall–Kier alpha value is -1.87. The van der Waals surface area contributed by atoms with Gasteiger partial charge in [-0.15, -0.1) is 0 Å². The number of aliphatic hydroxyl groups excluding tert-OH is 3. The van der Waals surface area contributed by atoms with Crippen LogP contribution in [0.5, 0.6) is 0 Å². The molecule has 0 saturated heterocycles. The van der Waals surface area contributed by atoms with E-state index in [4.69, 9.17) is 10.8 Å². The minimum absolute atomic E-state index is 0.712. The highest BCUT2D eigenvalue weighted by Gasteiger charge is 2.38. The van der Waals surface area contributed by atoms with E-state index in [1.807, 2.05) is 0 Å². The number of esters is 1. The largest absolute Gasteiger partial charge is 0.454 e. The van der Waals surface area contributed by atoms with Crippen LogP contribution in [0, 0.1) is 0 Å². The van der Waals surface area contributed by atoms with Gasteiger partial charge in [-0.3, -0.25) is 9.59 Å². The van der Waals surface area contributed by atoms with Gasteiger partial charge in [-0.2, -0.15) is 0 Å². The van der Waals surface area contributed by atoms with Crippen molar-refractivity contribution in [3.8, 4) is 0 Å². The van der Waals surface area contributed by atoms with E-state index < -0.39 is 48.5 Å². The molecule has 0 aromatic rings. The van der Waals surface area contributed by atoms with Crippen LogP contribution in [-0.2, 0) is 19.1 Å². The number of Topliss-reactive ketones (excluding diaryl/α,β-unsaturated/α-hetero) is 1. The summed E-state index contributed by atoms with van der Waals surface area (Å²) in [4.78, 5) is 33.9. The standard InChI is InChI=1S/C12H17NO7/c1-3-6(15)10(18)9(13)12(20-8(17)4-2)11(19)7(16)5-14/h3-4,7,9,11-12,14,16,19H,1-2,5,13H2/t7-,9+,11-,12-/m1/s1. The molecule has 0 unspecified atom stereocenters. The molecule has 8 heteroatoms. The molecule has 0 heterocycles. The van der Waals surface area contributed by atoms with Gasteiger partial charge in [0, 0.05) is 6.08 Å². The van der Waals surface area contributed by atoms with E-state index in [1.165, 1.54) is 0 Å². The monoisotopic (exact) mass is 287 g/mol. The maximum absolute atomic E-state index is 11.6. The van der Waals surface area contributed by atoms with E-state index in [-0.39, 0.29) is 0 Å². The third kappa shape index (κ3) is 4.67. The zero-order chi connectivity index (χ0) is 15.9. The molecule has 5 N–H and O–H groups in total. The molecule has 0 fully saturated rings. The number of nitrogens with two attached hydrogens (primary N) is 1. The Morgan fingerprint density at radius 1 is 1.20 bits per heavy atom. The summed E-state index contributed by atoms with van der Waals surface area (Å²) in [6, 6.07) is -1.72. The summed E-state index contributed by atoms with van der Waals surface area (Å²) >= 11 is 0. The van der Waals surface area contributed by atoms with E-state index in [0.717, 1.165) is 6.08 Å². The van der Waals surface area contributed by atoms with Gasteiger partial charge >= 0.3 is 5.97 Å². The summed E-state index contributed by atoms with van der Waals surface area (Å²) in [6.45, 7) is 5.35. The van der Waals surface area contributed by atoms with Gasteiger partial charge in [-0.25, -0.2) is 4.79 Å². The number of rotatable bonds is 9. The second-order valence-corrected chi connectivity index (χ2v) is 3.80. The van der Waals surface area contributed by atoms with E-state index in [9.17, 15) is 24.6 Å².